The number of hydrogen-bond donors (Lipinski definition) is 0. The third kappa shape index (κ3) is 2.26. The lowest BCUT2D eigenvalue weighted by atomic mass is 10.2. The van der Waals surface area contributed by atoms with Crippen LogP contribution in [0, 0.1) is 5.92 Å². The fraction of sp³-hybridized carbons (Fsp3) is 0.909. The van der Waals surface area contributed by atoms with Gasteiger partial charge in [0.05, 0.1) is 5.92 Å². The minimum Gasteiger partial charge on any atom is -0.340 e. The maximum atomic E-state index is 12.1. The van der Waals surface area contributed by atoms with Gasteiger partial charge in [-0.3, -0.25) is 4.79 Å². The molecule has 2 rings (SSSR count). The highest BCUT2D eigenvalue weighted by molar-refractivity contribution is 6.52. The summed E-state index contributed by atoms with van der Waals surface area (Å²) in [4.78, 5) is 14.1. The summed E-state index contributed by atoms with van der Waals surface area (Å²) in [6.07, 6.45) is 5.39. The third-order valence-corrected chi connectivity index (χ3v) is 4.35. The predicted molar refractivity (Wildman–Crippen MR) is 62.2 cm³/mol. The summed E-state index contributed by atoms with van der Waals surface area (Å²) in [7, 11) is 0. The molecule has 1 amide bonds. The largest absolute Gasteiger partial charge is 0.340 e. The summed E-state index contributed by atoms with van der Waals surface area (Å²) < 4.78 is -0.775. The zero-order valence-corrected chi connectivity index (χ0v) is 10.5. The van der Waals surface area contributed by atoms with Gasteiger partial charge in [0, 0.05) is 12.6 Å². The first-order valence-electron chi connectivity index (χ1n) is 5.74. The van der Waals surface area contributed by atoms with E-state index in [-0.39, 0.29) is 11.8 Å². The number of rotatable bonds is 3. The summed E-state index contributed by atoms with van der Waals surface area (Å²) >= 11 is 11.9. The first-order valence-corrected chi connectivity index (χ1v) is 6.50. The topological polar surface area (TPSA) is 20.3 Å². The van der Waals surface area contributed by atoms with Crippen molar-refractivity contribution in [2.24, 2.45) is 5.92 Å². The van der Waals surface area contributed by atoms with E-state index in [1.165, 1.54) is 12.8 Å². The van der Waals surface area contributed by atoms with Crippen molar-refractivity contribution < 1.29 is 4.79 Å². The van der Waals surface area contributed by atoms with Gasteiger partial charge in [-0.05, 0) is 26.2 Å². The van der Waals surface area contributed by atoms with Gasteiger partial charge >= 0.3 is 0 Å². The minimum atomic E-state index is -0.775. The van der Waals surface area contributed by atoms with Crippen molar-refractivity contribution in [2.45, 2.75) is 49.4 Å². The first-order chi connectivity index (χ1) is 7.06. The zero-order valence-electron chi connectivity index (χ0n) is 9.01. The van der Waals surface area contributed by atoms with Crippen LogP contribution in [0.5, 0.6) is 0 Å². The minimum absolute atomic E-state index is 0.151. The molecule has 0 aromatic heterocycles. The summed E-state index contributed by atoms with van der Waals surface area (Å²) in [5.41, 5.74) is 0. The van der Waals surface area contributed by atoms with E-state index >= 15 is 0 Å². The van der Waals surface area contributed by atoms with Gasteiger partial charge in [-0.25, -0.2) is 0 Å². The molecule has 0 N–H and O–H groups in total. The highest BCUT2D eigenvalue weighted by atomic mass is 35.5. The lowest BCUT2D eigenvalue weighted by Crippen LogP contribution is -2.40. The van der Waals surface area contributed by atoms with Crippen LogP contribution in [0.25, 0.3) is 0 Å². The number of hydrogen-bond acceptors (Lipinski definition) is 1. The van der Waals surface area contributed by atoms with E-state index in [9.17, 15) is 4.79 Å². The molecular weight excluding hydrogens is 233 g/mol. The van der Waals surface area contributed by atoms with Crippen LogP contribution in [0.15, 0.2) is 0 Å². The molecule has 2 fully saturated rings. The van der Waals surface area contributed by atoms with Crippen molar-refractivity contribution >= 4 is 29.1 Å². The number of alkyl halides is 2. The molecule has 0 saturated heterocycles. The van der Waals surface area contributed by atoms with Crippen LogP contribution in [0.3, 0.4) is 0 Å². The summed E-state index contributed by atoms with van der Waals surface area (Å²) in [6, 6.07) is 0.437. The summed E-state index contributed by atoms with van der Waals surface area (Å²) in [6.45, 7) is 2.81. The molecular formula is C11H17Cl2NO. The van der Waals surface area contributed by atoms with E-state index in [1.807, 2.05) is 11.8 Å². The Bertz CT molecular complexity index is 261. The van der Waals surface area contributed by atoms with Gasteiger partial charge in [-0.1, -0.05) is 12.8 Å². The Balaban J connectivity index is 1.97. The Morgan fingerprint density at radius 2 is 1.93 bits per heavy atom. The number of carbonyl (C=O) groups is 1. The molecule has 1 unspecified atom stereocenters. The standard InChI is InChI=1S/C11H17Cl2NO/c1-2-14(8-5-3-4-6-8)10(15)9-7-11(9,12)13/h8-9H,2-7H2,1H3. The van der Waals surface area contributed by atoms with Gasteiger partial charge in [0.15, 0.2) is 0 Å². The highest BCUT2D eigenvalue weighted by Gasteiger charge is 2.57. The maximum Gasteiger partial charge on any atom is 0.229 e. The van der Waals surface area contributed by atoms with Crippen molar-refractivity contribution in [3.8, 4) is 0 Å². The SMILES string of the molecule is CCN(C(=O)C1CC1(Cl)Cl)C1CCCC1. The van der Waals surface area contributed by atoms with Crippen LogP contribution in [0.4, 0.5) is 0 Å². The van der Waals surface area contributed by atoms with Gasteiger partial charge in [0.2, 0.25) is 5.91 Å². The van der Waals surface area contributed by atoms with Crippen LogP contribution >= 0.6 is 23.2 Å². The molecule has 2 aliphatic carbocycles. The highest BCUT2D eigenvalue weighted by Crippen LogP contribution is 2.54. The number of carbonyl (C=O) groups excluding carboxylic acids is 1. The van der Waals surface area contributed by atoms with E-state index in [0.29, 0.717) is 12.5 Å². The molecule has 1 atom stereocenters. The van der Waals surface area contributed by atoms with Gasteiger partial charge in [0.1, 0.15) is 4.33 Å². The molecule has 4 heteroatoms. The van der Waals surface area contributed by atoms with Gasteiger partial charge in [-0.15, -0.1) is 23.2 Å². The lowest BCUT2D eigenvalue weighted by Gasteiger charge is -2.28. The molecule has 0 heterocycles. The van der Waals surface area contributed by atoms with E-state index < -0.39 is 4.33 Å². The average molecular weight is 250 g/mol. The second-order valence-corrected chi connectivity index (χ2v) is 6.12. The fourth-order valence-corrected chi connectivity index (χ4v) is 2.99. The van der Waals surface area contributed by atoms with Gasteiger partial charge in [-0.2, -0.15) is 0 Å². The van der Waals surface area contributed by atoms with Crippen molar-refractivity contribution in [1.29, 1.82) is 0 Å². The summed E-state index contributed by atoms with van der Waals surface area (Å²) in [5.74, 6) is 0.00998. The average Bonchev–Trinajstić information content (AvgIpc) is 2.66. The van der Waals surface area contributed by atoms with Crippen molar-refractivity contribution in [3.63, 3.8) is 0 Å². The number of halogens is 2. The Morgan fingerprint density at radius 1 is 1.40 bits per heavy atom. The Labute approximate surface area is 101 Å². The van der Waals surface area contributed by atoms with E-state index in [1.54, 1.807) is 0 Å². The first kappa shape index (κ1) is 11.5. The van der Waals surface area contributed by atoms with E-state index in [4.69, 9.17) is 23.2 Å². The third-order valence-electron chi connectivity index (χ3n) is 3.51. The monoisotopic (exact) mass is 249 g/mol. The zero-order chi connectivity index (χ0) is 11.1. The molecule has 0 spiro atoms. The predicted octanol–water partition coefficient (Wildman–Crippen LogP) is 2.97. The molecule has 2 nitrogen and oxygen atoms in total. The van der Waals surface area contributed by atoms with Crippen molar-refractivity contribution in [2.75, 3.05) is 6.54 Å². The van der Waals surface area contributed by atoms with Crippen LogP contribution in [-0.4, -0.2) is 27.7 Å². The molecule has 0 aromatic carbocycles. The second-order valence-electron chi connectivity index (χ2n) is 4.58. The fourth-order valence-electron chi connectivity index (χ4n) is 2.49. The number of nitrogens with zero attached hydrogens (tertiary/aromatic N) is 1. The lowest BCUT2D eigenvalue weighted by molar-refractivity contribution is -0.134. The van der Waals surface area contributed by atoms with Gasteiger partial charge in [0.25, 0.3) is 0 Å². The molecule has 0 aromatic rings. The molecule has 0 radical (unpaired) electrons. The smallest absolute Gasteiger partial charge is 0.229 e. The Morgan fingerprint density at radius 3 is 2.33 bits per heavy atom. The summed E-state index contributed by atoms with van der Waals surface area (Å²) in [5, 5.41) is 0. The van der Waals surface area contributed by atoms with Crippen LogP contribution in [-0.2, 0) is 4.79 Å². The molecule has 0 aliphatic heterocycles. The quantitative estimate of drug-likeness (QED) is 0.705. The Kier molecular flexibility index (Phi) is 3.18. The molecule has 2 aliphatic rings. The number of amides is 1. The van der Waals surface area contributed by atoms with Crippen molar-refractivity contribution in [1.82, 2.24) is 4.90 Å². The van der Waals surface area contributed by atoms with Crippen LogP contribution in [0.1, 0.15) is 39.0 Å². The Hall–Kier alpha value is 0.0500. The van der Waals surface area contributed by atoms with Crippen molar-refractivity contribution in [3.05, 3.63) is 0 Å². The van der Waals surface area contributed by atoms with Gasteiger partial charge < -0.3 is 4.90 Å². The normalized spacial score (nSPS) is 29.1. The molecule has 2 saturated carbocycles. The molecule has 86 valence electrons. The van der Waals surface area contributed by atoms with E-state index in [0.717, 1.165) is 19.4 Å². The molecule has 15 heavy (non-hydrogen) atoms. The maximum absolute atomic E-state index is 12.1. The van der Waals surface area contributed by atoms with Crippen LogP contribution in [0.2, 0.25) is 0 Å². The molecule has 0 bridgehead atoms. The van der Waals surface area contributed by atoms with Crippen LogP contribution < -0.4 is 0 Å². The van der Waals surface area contributed by atoms with E-state index in [2.05, 4.69) is 0 Å². The second kappa shape index (κ2) is 4.14.